The molecular weight excluding hydrogens is 270 g/mol. The van der Waals surface area contributed by atoms with E-state index < -0.39 is 11.0 Å². The first-order chi connectivity index (χ1) is 9.10. The van der Waals surface area contributed by atoms with E-state index in [4.69, 9.17) is 21.6 Å². The van der Waals surface area contributed by atoms with Crippen LogP contribution in [0, 0.1) is 21.4 Å². The smallest absolute Gasteiger partial charge is 0.311 e. The molecular formula is C12H12ClN3O3. The zero-order chi connectivity index (χ0) is 13.8. The molecule has 1 aromatic rings. The van der Waals surface area contributed by atoms with Crippen molar-refractivity contribution in [3.05, 3.63) is 33.3 Å². The average Bonchev–Trinajstić information content (AvgIpc) is 3.18. The fourth-order valence-corrected chi connectivity index (χ4v) is 1.75. The standard InChI is InChI=1S/C12H12ClN3O3/c13-8-1-4-11(16(17)18)12(5-8)19-7-10(6-14)15-9-2-3-9/h1,4-5,9-10,15H,2-3,7H2. The highest BCUT2D eigenvalue weighted by Gasteiger charge is 2.25. The zero-order valence-electron chi connectivity index (χ0n) is 10.0. The van der Waals surface area contributed by atoms with Gasteiger partial charge in [0.2, 0.25) is 0 Å². The molecule has 1 N–H and O–H groups in total. The lowest BCUT2D eigenvalue weighted by molar-refractivity contribution is -0.385. The molecule has 1 fully saturated rings. The molecule has 1 aliphatic carbocycles. The van der Waals surface area contributed by atoms with Crippen LogP contribution in [0.2, 0.25) is 5.02 Å². The summed E-state index contributed by atoms with van der Waals surface area (Å²) in [5.74, 6) is 0.0790. The summed E-state index contributed by atoms with van der Waals surface area (Å²) in [7, 11) is 0. The quantitative estimate of drug-likeness (QED) is 0.638. The van der Waals surface area contributed by atoms with Gasteiger partial charge in [0.15, 0.2) is 5.75 Å². The Labute approximate surface area is 115 Å². The Kier molecular flexibility index (Phi) is 4.20. The van der Waals surface area contributed by atoms with Crippen molar-refractivity contribution in [3.63, 3.8) is 0 Å². The van der Waals surface area contributed by atoms with E-state index in [-0.39, 0.29) is 18.0 Å². The maximum atomic E-state index is 10.8. The number of nitro groups is 1. The second kappa shape index (κ2) is 5.87. The molecule has 1 aliphatic rings. The SMILES string of the molecule is N#CC(COc1cc(Cl)ccc1[N+](=O)[O-])NC1CC1. The highest BCUT2D eigenvalue weighted by molar-refractivity contribution is 6.30. The van der Waals surface area contributed by atoms with Crippen molar-refractivity contribution in [1.82, 2.24) is 5.32 Å². The second-order valence-electron chi connectivity index (χ2n) is 4.30. The van der Waals surface area contributed by atoms with Crippen molar-refractivity contribution < 1.29 is 9.66 Å². The monoisotopic (exact) mass is 281 g/mol. The number of hydrogen-bond donors (Lipinski definition) is 1. The maximum Gasteiger partial charge on any atom is 0.311 e. The number of benzene rings is 1. The Morgan fingerprint density at radius 3 is 2.95 bits per heavy atom. The molecule has 0 bridgehead atoms. The first-order valence-electron chi connectivity index (χ1n) is 5.82. The van der Waals surface area contributed by atoms with Gasteiger partial charge in [0.1, 0.15) is 12.6 Å². The molecule has 6 nitrogen and oxygen atoms in total. The minimum absolute atomic E-state index is 0.0498. The molecule has 0 spiro atoms. The lowest BCUT2D eigenvalue weighted by Crippen LogP contribution is -2.34. The fraction of sp³-hybridized carbons (Fsp3) is 0.417. The van der Waals surface area contributed by atoms with Gasteiger partial charge in [-0.05, 0) is 18.9 Å². The third-order valence-corrected chi connectivity index (χ3v) is 2.93. The number of halogens is 1. The van der Waals surface area contributed by atoms with Crippen LogP contribution in [0.25, 0.3) is 0 Å². The van der Waals surface area contributed by atoms with Crippen LogP contribution in [0.4, 0.5) is 5.69 Å². The second-order valence-corrected chi connectivity index (χ2v) is 4.74. The van der Waals surface area contributed by atoms with Crippen molar-refractivity contribution in [2.24, 2.45) is 0 Å². The molecule has 0 saturated heterocycles. The van der Waals surface area contributed by atoms with E-state index in [0.717, 1.165) is 12.8 Å². The van der Waals surface area contributed by atoms with Crippen LogP contribution in [-0.2, 0) is 0 Å². The van der Waals surface area contributed by atoms with Gasteiger partial charge in [-0.25, -0.2) is 0 Å². The van der Waals surface area contributed by atoms with Crippen molar-refractivity contribution in [3.8, 4) is 11.8 Å². The normalized spacial score (nSPS) is 15.6. The van der Waals surface area contributed by atoms with Gasteiger partial charge in [0.25, 0.3) is 0 Å². The van der Waals surface area contributed by atoms with E-state index in [1.165, 1.54) is 18.2 Å². The molecule has 0 aliphatic heterocycles. The summed E-state index contributed by atoms with van der Waals surface area (Å²) in [5, 5.41) is 23.2. The van der Waals surface area contributed by atoms with E-state index in [1.807, 2.05) is 0 Å². The van der Waals surface area contributed by atoms with Crippen molar-refractivity contribution in [2.75, 3.05) is 6.61 Å². The van der Waals surface area contributed by atoms with Crippen LogP contribution in [0.1, 0.15) is 12.8 Å². The number of nitriles is 1. The van der Waals surface area contributed by atoms with E-state index in [0.29, 0.717) is 11.1 Å². The molecule has 19 heavy (non-hydrogen) atoms. The topological polar surface area (TPSA) is 88.2 Å². The fourth-order valence-electron chi connectivity index (χ4n) is 1.58. The van der Waals surface area contributed by atoms with Gasteiger partial charge < -0.3 is 4.74 Å². The first kappa shape index (κ1) is 13.6. The van der Waals surface area contributed by atoms with E-state index in [1.54, 1.807) is 0 Å². The van der Waals surface area contributed by atoms with Gasteiger partial charge in [-0.15, -0.1) is 0 Å². The van der Waals surface area contributed by atoms with Crippen molar-refractivity contribution in [1.29, 1.82) is 5.26 Å². The van der Waals surface area contributed by atoms with Gasteiger partial charge in [0, 0.05) is 23.2 Å². The predicted molar refractivity (Wildman–Crippen MR) is 69.2 cm³/mol. The largest absolute Gasteiger partial charge is 0.484 e. The molecule has 0 amide bonds. The molecule has 1 unspecified atom stereocenters. The number of nitrogens with one attached hydrogen (secondary N) is 1. The van der Waals surface area contributed by atoms with E-state index >= 15 is 0 Å². The number of hydrogen-bond acceptors (Lipinski definition) is 5. The Bertz CT molecular complexity index is 525. The van der Waals surface area contributed by atoms with Gasteiger partial charge in [-0.3, -0.25) is 15.4 Å². The molecule has 0 aromatic heterocycles. The molecule has 2 rings (SSSR count). The van der Waals surface area contributed by atoms with Gasteiger partial charge in [0.05, 0.1) is 11.0 Å². The van der Waals surface area contributed by atoms with Gasteiger partial charge in [-0.1, -0.05) is 11.6 Å². The third-order valence-electron chi connectivity index (χ3n) is 2.69. The van der Waals surface area contributed by atoms with Crippen molar-refractivity contribution in [2.45, 2.75) is 24.9 Å². The van der Waals surface area contributed by atoms with Crippen LogP contribution < -0.4 is 10.1 Å². The number of ether oxygens (including phenoxy) is 1. The van der Waals surface area contributed by atoms with Gasteiger partial charge in [-0.2, -0.15) is 5.26 Å². The van der Waals surface area contributed by atoms with Gasteiger partial charge >= 0.3 is 5.69 Å². The minimum atomic E-state index is -0.540. The van der Waals surface area contributed by atoms with E-state index in [2.05, 4.69) is 11.4 Å². The lowest BCUT2D eigenvalue weighted by atomic mass is 10.3. The third kappa shape index (κ3) is 3.81. The molecule has 1 saturated carbocycles. The molecule has 0 heterocycles. The Hall–Kier alpha value is -1.84. The summed E-state index contributed by atoms with van der Waals surface area (Å²) in [6.07, 6.45) is 2.10. The maximum absolute atomic E-state index is 10.8. The zero-order valence-corrected chi connectivity index (χ0v) is 10.8. The Morgan fingerprint density at radius 1 is 1.63 bits per heavy atom. The summed E-state index contributed by atoms with van der Waals surface area (Å²) in [6.45, 7) is 0.0498. The van der Waals surface area contributed by atoms with Crippen molar-refractivity contribution >= 4 is 17.3 Å². The first-order valence-corrected chi connectivity index (χ1v) is 6.20. The highest BCUT2D eigenvalue weighted by atomic mass is 35.5. The highest BCUT2D eigenvalue weighted by Crippen LogP contribution is 2.30. The summed E-state index contributed by atoms with van der Waals surface area (Å²) in [5.41, 5.74) is -0.160. The van der Waals surface area contributed by atoms with Crippen LogP contribution >= 0.6 is 11.6 Å². The lowest BCUT2D eigenvalue weighted by Gasteiger charge is -2.12. The van der Waals surface area contributed by atoms with E-state index in [9.17, 15) is 10.1 Å². The van der Waals surface area contributed by atoms with Crippen LogP contribution in [0.5, 0.6) is 5.75 Å². The van der Waals surface area contributed by atoms with Crippen LogP contribution in [-0.4, -0.2) is 23.6 Å². The molecule has 1 aromatic carbocycles. The summed E-state index contributed by atoms with van der Waals surface area (Å²) >= 11 is 5.78. The summed E-state index contributed by atoms with van der Waals surface area (Å²) in [6, 6.07) is 6.04. The summed E-state index contributed by atoms with van der Waals surface area (Å²) in [4.78, 5) is 10.3. The minimum Gasteiger partial charge on any atom is -0.484 e. The summed E-state index contributed by atoms with van der Waals surface area (Å²) < 4.78 is 5.35. The Morgan fingerprint density at radius 2 is 2.37 bits per heavy atom. The van der Waals surface area contributed by atoms with Crippen LogP contribution in [0.3, 0.4) is 0 Å². The molecule has 7 heteroatoms. The number of nitrogens with zero attached hydrogens (tertiary/aromatic N) is 2. The molecule has 100 valence electrons. The predicted octanol–water partition coefficient (Wildman–Crippen LogP) is 2.27. The molecule has 1 atom stereocenters. The average molecular weight is 282 g/mol. The van der Waals surface area contributed by atoms with Crippen LogP contribution in [0.15, 0.2) is 18.2 Å². The number of nitro benzene ring substituents is 1. The Balaban J connectivity index is 2.02. The molecule has 0 radical (unpaired) electrons. The number of rotatable bonds is 6.